The molecule has 0 saturated heterocycles. The highest BCUT2D eigenvalue weighted by molar-refractivity contribution is 6.03. The molecule has 1 aromatic heterocycles. The van der Waals surface area contributed by atoms with Gasteiger partial charge in [0.15, 0.2) is 5.70 Å². The lowest BCUT2D eigenvalue weighted by molar-refractivity contribution is -0.112. The van der Waals surface area contributed by atoms with E-state index in [0.717, 1.165) is 10.9 Å². The number of aromatic amines is 1. The summed E-state index contributed by atoms with van der Waals surface area (Å²) >= 11 is 0. The number of hydrogen-bond donors (Lipinski definition) is 4. The number of nitrogens with one attached hydrogen (secondary N) is 4. The second-order valence-corrected chi connectivity index (χ2v) is 7.00. The summed E-state index contributed by atoms with van der Waals surface area (Å²) in [6.45, 7) is 0. The molecule has 0 fully saturated rings. The van der Waals surface area contributed by atoms with Crippen LogP contribution in [0.15, 0.2) is 94.6 Å². The van der Waals surface area contributed by atoms with E-state index in [9.17, 15) is 9.59 Å². The molecule has 3 aromatic carbocycles. The van der Waals surface area contributed by atoms with Gasteiger partial charge >= 0.3 is 0 Å². The molecule has 0 aliphatic rings. The summed E-state index contributed by atoms with van der Waals surface area (Å²) < 4.78 is 5.16. The van der Waals surface area contributed by atoms with Crippen molar-refractivity contribution in [2.75, 3.05) is 17.7 Å². The zero-order valence-corrected chi connectivity index (χ0v) is 17.6. The highest BCUT2D eigenvalue weighted by Gasteiger charge is 2.11. The van der Waals surface area contributed by atoms with Gasteiger partial charge in [-0.1, -0.05) is 36.4 Å². The maximum atomic E-state index is 12.5. The van der Waals surface area contributed by atoms with E-state index in [2.05, 4.69) is 25.9 Å². The van der Waals surface area contributed by atoms with Gasteiger partial charge in [-0.25, -0.2) is 10.6 Å². The minimum Gasteiger partial charge on any atom is -0.497 e. The van der Waals surface area contributed by atoms with Crippen molar-refractivity contribution in [1.82, 2.24) is 10.2 Å². The molecule has 0 saturated carbocycles. The summed E-state index contributed by atoms with van der Waals surface area (Å²) in [5, 5.41) is 16.9. The summed E-state index contributed by atoms with van der Waals surface area (Å²) in [6.07, 6.45) is 1.35. The molecule has 4 rings (SSSR count). The number of carbonyl (C=O) groups is 1. The summed E-state index contributed by atoms with van der Waals surface area (Å²) in [4.78, 5) is 24.5. The largest absolute Gasteiger partial charge is 0.497 e. The van der Waals surface area contributed by atoms with Gasteiger partial charge in [-0.05, 0) is 30.3 Å². The first-order valence-corrected chi connectivity index (χ1v) is 9.96. The van der Waals surface area contributed by atoms with E-state index in [1.54, 1.807) is 67.8 Å². The van der Waals surface area contributed by atoms with Gasteiger partial charge in [0, 0.05) is 34.6 Å². The van der Waals surface area contributed by atoms with Crippen molar-refractivity contribution >= 4 is 28.1 Å². The van der Waals surface area contributed by atoms with Crippen LogP contribution in [0.4, 0.5) is 11.4 Å². The Morgan fingerprint density at radius 3 is 2.52 bits per heavy atom. The van der Waals surface area contributed by atoms with Gasteiger partial charge in [-0.3, -0.25) is 9.59 Å². The molecule has 33 heavy (non-hydrogen) atoms. The molecular weight excluding hydrogens is 420 g/mol. The van der Waals surface area contributed by atoms with Crippen molar-refractivity contribution < 1.29 is 9.53 Å². The second kappa shape index (κ2) is 9.56. The quantitative estimate of drug-likeness (QED) is 0.248. The number of fused-ring (bicyclic) bond motifs is 1. The fourth-order valence-corrected chi connectivity index (χ4v) is 3.25. The molecule has 164 valence electrons. The Balaban J connectivity index is 1.50. The number of amides is 1. The highest BCUT2D eigenvalue weighted by atomic mass is 16.5. The predicted molar refractivity (Wildman–Crippen MR) is 126 cm³/mol. The van der Waals surface area contributed by atoms with Crippen LogP contribution in [0.1, 0.15) is 0 Å². The number of ether oxygens (including phenoxy) is 1. The molecule has 0 radical (unpaired) electrons. The monoisotopic (exact) mass is 440 g/mol. The number of nitrogens with zero attached hydrogens (tertiary/aromatic N) is 2. The number of aromatic nitrogens is 2. The summed E-state index contributed by atoms with van der Waals surface area (Å²) in [6, 6.07) is 21.4. The SMILES string of the molecule is COc1cccc(N/C=C(\N=N)C(=O)Nc2ccc(-c3n[nH]c(=O)c4ccccc34)cc2)c1. The number of hydrogen-bond acceptors (Lipinski definition) is 7. The molecule has 0 aliphatic carbocycles. The average molecular weight is 440 g/mol. The highest BCUT2D eigenvalue weighted by Crippen LogP contribution is 2.25. The first-order valence-electron chi connectivity index (χ1n) is 9.96. The number of benzene rings is 3. The van der Waals surface area contributed by atoms with Crippen LogP contribution in [-0.4, -0.2) is 23.2 Å². The van der Waals surface area contributed by atoms with Gasteiger partial charge in [-0.2, -0.15) is 10.2 Å². The Bertz CT molecular complexity index is 1410. The van der Waals surface area contributed by atoms with Crippen molar-refractivity contribution in [2.24, 2.45) is 5.11 Å². The number of anilines is 2. The van der Waals surface area contributed by atoms with E-state index >= 15 is 0 Å². The average Bonchev–Trinajstić information content (AvgIpc) is 2.85. The third-order valence-electron chi connectivity index (χ3n) is 4.91. The van der Waals surface area contributed by atoms with Crippen molar-refractivity contribution in [3.8, 4) is 17.0 Å². The molecule has 0 unspecified atom stereocenters. The van der Waals surface area contributed by atoms with Gasteiger partial charge in [0.1, 0.15) is 5.75 Å². The number of rotatable bonds is 7. The standard InChI is InChI=1S/C24H20N6O3/c1-33-18-6-4-5-17(13-18)26-14-21(28-25)24(32)27-16-11-9-15(10-12-16)22-19-7-2-3-8-20(19)23(31)30-29-22/h2-14,25-26H,1H3,(H,27,32)(H,30,31)/b21-14-,28-25?. The van der Waals surface area contributed by atoms with Crippen LogP contribution in [0.2, 0.25) is 0 Å². The van der Waals surface area contributed by atoms with Crippen molar-refractivity contribution in [3.05, 3.63) is 95.0 Å². The molecule has 0 atom stereocenters. The molecule has 4 N–H and O–H groups in total. The van der Waals surface area contributed by atoms with Crippen LogP contribution in [-0.2, 0) is 4.79 Å². The van der Waals surface area contributed by atoms with E-state index in [1.807, 2.05) is 12.1 Å². The Hall–Kier alpha value is -4.79. The van der Waals surface area contributed by atoms with Gasteiger partial charge in [0.05, 0.1) is 18.2 Å². The van der Waals surface area contributed by atoms with Gasteiger partial charge < -0.3 is 15.4 Å². The minimum absolute atomic E-state index is 0.102. The maximum absolute atomic E-state index is 12.5. The summed E-state index contributed by atoms with van der Waals surface area (Å²) in [7, 11) is 1.56. The maximum Gasteiger partial charge on any atom is 0.277 e. The van der Waals surface area contributed by atoms with Gasteiger partial charge in [0.2, 0.25) is 0 Å². The molecule has 9 heteroatoms. The van der Waals surface area contributed by atoms with Crippen molar-refractivity contribution in [1.29, 1.82) is 5.53 Å². The number of carbonyl (C=O) groups excluding carboxylic acids is 1. The van der Waals surface area contributed by atoms with Crippen LogP contribution in [0.25, 0.3) is 22.0 Å². The van der Waals surface area contributed by atoms with E-state index < -0.39 is 5.91 Å². The molecular formula is C24H20N6O3. The van der Waals surface area contributed by atoms with Gasteiger partial charge in [-0.15, -0.1) is 0 Å². The molecule has 9 nitrogen and oxygen atoms in total. The van der Waals surface area contributed by atoms with Crippen molar-refractivity contribution in [2.45, 2.75) is 0 Å². The predicted octanol–water partition coefficient (Wildman–Crippen LogP) is 4.52. The molecule has 1 heterocycles. The third-order valence-corrected chi connectivity index (χ3v) is 4.91. The van der Waals surface area contributed by atoms with Crippen LogP contribution < -0.4 is 20.9 Å². The molecule has 4 aromatic rings. The van der Waals surface area contributed by atoms with Gasteiger partial charge in [0.25, 0.3) is 11.5 Å². The Kier molecular flexibility index (Phi) is 6.21. The lowest BCUT2D eigenvalue weighted by Crippen LogP contribution is -2.14. The first kappa shape index (κ1) is 21.4. The van der Waals surface area contributed by atoms with E-state index in [4.69, 9.17) is 10.3 Å². The van der Waals surface area contributed by atoms with E-state index in [-0.39, 0.29) is 11.3 Å². The Morgan fingerprint density at radius 1 is 1.03 bits per heavy atom. The molecule has 0 bridgehead atoms. The first-order chi connectivity index (χ1) is 16.1. The topological polar surface area (TPSA) is 132 Å². The number of methoxy groups -OCH3 is 1. The fourth-order valence-electron chi connectivity index (χ4n) is 3.25. The van der Waals surface area contributed by atoms with Crippen LogP contribution in [0, 0.1) is 5.53 Å². The molecule has 0 aliphatic heterocycles. The Morgan fingerprint density at radius 2 is 1.79 bits per heavy atom. The fraction of sp³-hybridized carbons (Fsp3) is 0.0417. The minimum atomic E-state index is -0.541. The number of H-pyrrole nitrogens is 1. The normalized spacial score (nSPS) is 11.1. The van der Waals surface area contributed by atoms with Crippen LogP contribution >= 0.6 is 0 Å². The lowest BCUT2D eigenvalue weighted by Gasteiger charge is -2.08. The second-order valence-electron chi connectivity index (χ2n) is 7.00. The van der Waals surface area contributed by atoms with E-state index in [0.29, 0.717) is 28.2 Å². The van der Waals surface area contributed by atoms with Crippen LogP contribution in [0.3, 0.4) is 0 Å². The van der Waals surface area contributed by atoms with Crippen LogP contribution in [0.5, 0.6) is 5.75 Å². The molecule has 1 amide bonds. The molecule has 0 spiro atoms. The van der Waals surface area contributed by atoms with E-state index in [1.165, 1.54) is 6.20 Å². The smallest absolute Gasteiger partial charge is 0.277 e. The third kappa shape index (κ3) is 4.77. The summed E-state index contributed by atoms with van der Waals surface area (Å²) in [5.41, 5.74) is 9.60. The zero-order chi connectivity index (χ0) is 23.2. The lowest BCUT2D eigenvalue weighted by atomic mass is 10.0. The summed E-state index contributed by atoms with van der Waals surface area (Å²) in [5.74, 6) is 0.118. The zero-order valence-electron chi connectivity index (χ0n) is 17.6. The van der Waals surface area contributed by atoms with Crippen molar-refractivity contribution in [3.63, 3.8) is 0 Å². The Labute approximate surface area is 188 Å².